The Morgan fingerprint density at radius 2 is 0.700 bits per heavy atom. The number of rotatable bonds is 15. The van der Waals surface area contributed by atoms with Crippen molar-refractivity contribution in [3.8, 4) is 34.5 Å². The van der Waals surface area contributed by atoms with Crippen LogP contribution >= 0.6 is 0 Å². The van der Waals surface area contributed by atoms with Crippen molar-refractivity contribution in [2.75, 3.05) is 13.2 Å². The maximum Gasteiger partial charge on any atom is -0.0156 e. The van der Waals surface area contributed by atoms with E-state index in [2.05, 4.69) is 58.5 Å². The van der Waals surface area contributed by atoms with Gasteiger partial charge in [-0.1, -0.05) is 0 Å². The first-order chi connectivity index (χ1) is 24.6. The fraction of sp³-hybridized carbons (Fsp3) is 0.0952. The van der Waals surface area contributed by atoms with E-state index in [1.54, 1.807) is 0 Å². The van der Waals surface area contributed by atoms with E-state index in [1.165, 1.54) is 8.92 Å². The van der Waals surface area contributed by atoms with E-state index in [9.17, 15) is 0 Å². The maximum atomic E-state index is 5.95. The Labute approximate surface area is 304 Å². The van der Waals surface area contributed by atoms with Gasteiger partial charge in [0.1, 0.15) is 11.5 Å². The second-order valence-corrected chi connectivity index (χ2v) is 17.1. The van der Waals surface area contributed by atoms with Gasteiger partial charge in [-0.05, 0) is 62.4 Å². The summed E-state index contributed by atoms with van der Waals surface area (Å²) >= 11 is 0.767. The summed E-state index contributed by atoms with van der Waals surface area (Å²) in [5.74, 6) is 4.76. The predicted molar refractivity (Wildman–Crippen MR) is 206 cm³/mol. The van der Waals surface area contributed by atoms with Crippen molar-refractivity contribution < 1.29 is 18.9 Å². The average molecular weight is 791 g/mol. The minimum absolute atomic E-state index is 0.383. The molecule has 0 aromatic heterocycles. The zero-order valence-corrected chi connectivity index (χ0v) is 31.2. The van der Waals surface area contributed by atoms with Gasteiger partial charge in [-0.25, -0.2) is 0 Å². The van der Waals surface area contributed by atoms with E-state index < -0.39 is 0 Å². The van der Waals surface area contributed by atoms with Crippen LogP contribution in [0.3, 0.4) is 0 Å². The maximum absolute atomic E-state index is 5.95. The number of benzene rings is 6. The summed E-state index contributed by atoms with van der Waals surface area (Å²) in [6, 6.07) is 48.2. The van der Waals surface area contributed by atoms with Gasteiger partial charge in [0, 0.05) is 0 Å². The third-order valence-corrected chi connectivity index (χ3v) is 14.4. The smallest absolute Gasteiger partial charge is 0.0156 e. The Balaban J connectivity index is 0.936. The van der Waals surface area contributed by atoms with Crippen molar-refractivity contribution >= 4 is 59.0 Å². The molecule has 250 valence electrons. The summed E-state index contributed by atoms with van der Waals surface area (Å²) in [4.78, 5) is 9.33. The first-order valence-corrected chi connectivity index (χ1v) is 22.3. The van der Waals surface area contributed by atoms with E-state index in [-0.39, 0.29) is 0 Å². The second-order valence-electron chi connectivity index (χ2n) is 10.8. The molecular formula is C42H36N2O4Se2. The van der Waals surface area contributed by atoms with E-state index in [0.717, 1.165) is 57.0 Å². The van der Waals surface area contributed by atoms with E-state index in [1.807, 2.05) is 123 Å². The molecule has 0 atom stereocenters. The van der Waals surface area contributed by atoms with Gasteiger partial charge in [-0.2, -0.15) is 0 Å². The van der Waals surface area contributed by atoms with E-state index in [0.29, 0.717) is 39.5 Å². The van der Waals surface area contributed by atoms with Gasteiger partial charge in [0.2, 0.25) is 0 Å². The Hall–Kier alpha value is -5.10. The normalized spacial score (nSPS) is 11.2. The van der Waals surface area contributed by atoms with Crippen LogP contribution in [0.1, 0.15) is 25.0 Å². The van der Waals surface area contributed by atoms with Crippen molar-refractivity contribution in [2.24, 2.45) is 9.98 Å². The first kappa shape index (κ1) is 34.8. The first-order valence-electron chi connectivity index (χ1n) is 16.3. The third kappa shape index (κ3) is 10.7. The van der Waals surface area contributed by atoms with Gasteiger partial charge in [-0.3, -0.25) is 0 Å². The number of hydrogen-bond acceptors (Lipinski definition) is 6. The standard InChI is InChI=1S/C42H36N2O4Se2/c1-3-45-35-17-21-39(22-18-35)47-37-13-5-31(6-14-37)29-43-33-9-25-41(26-10-33)49-50-42-27-11-34(12-28-42)44-30-32-7-15-38(16-8-32)48-40-23-19-36(20-24-40)46-4-2/h5-30H,3-4H2,1-2H3. The van der Waals surface area contributed by atoms with E-state index in [4.69, 9.17) is 18.9 Å². The SMILES string of the molecule is CCOc1ccc(Oc2ccc(C=Nc3ccc([Se][Se]c4ccc(N=Cc5ccc(Oc6ccc(OCC)cc6)cc5)cc4)cc3)cc2)cc1. The topological polar surface area (TPSA) is 61.6 Å². The fourth-order valence-electron chi connectivity index (χ4n) is 4.63. The van der Waals surface area contributed by atoms with Crippen molar-refractivity contribution in [3.05, 3.63) is 157 Å². The van der Waals surface area contributed by atoms with Crippen LogP contribution < -0.4 is 27.9 Å². The summed E-state index contributed by atoms with van der Waals surface area (Å²) in [6.45, 7) is 5.23. The summed E-state index contributed by atoms with van der Waals surface area (Å²) < 4.78 is 25.6. The molecule has 6 nitrogen and oxygen atoms in total. The number of ether oxygens (including phenoxy) is 4. The molecule has 0 aliphatic heterocycles. The molecular weight excluding hydrogens is 754 g/mol. The molecule has 0 saturated carbocycles. The van der Waals surface area contributed by atoms with Gasteiger partial charge in [0.25, 0.3) is 0 Å². The molecule has 6 rings (SSSR count). The monoisotopic (exact) mass is 792 g/mol. The van der Waals surface area contributed by atoms with Crippen LogP contribution in [0.25, 0.3) is 0 Å². The van der Waals surface area contributed by atoms with Crippen molar-refractivity contribution in [1.29, 1.82) is 0 Å². The van der Waals surface area contributed by atoms with Gasteiger partial charge < -0.3 is 9.47 Å². The Morgan fingerprint density at radius 1 is 0.400 bits per heavy atom. The van der Waals surface area contributed by atoms with Crippen LogP contribution in [0.5, 0.6) is 34.5 Å². The molecule has 0 unspecified atom stereocenters. The van der Waals surface area contributed by atoms with Gasteiger partial charge in [0.15, 0.2) is 0 Å². The van der Waals surface area contributed by atoms with Gasteiger partial charge in [0.05, 0.1) is 13.2 Å². The largest absolute Gasteiger partial charge is 0.0163 e. The molecule has 6 aromatic rings. The molecule has 0 spiro atoms. The van der Waals surface area contributed by atoms with Crippen LogP contribution in [-0.2, 0) is 0 Å². The molecule has 0 aliphatic carbocycles. The Bertz CT molecular complexity index is 1830. The summed E-state index contributed by atoms with van der Waals surface area (Å²) in [5.41, 5.74) is 3.89. The van der Waals surface area contributed by atoms with Crippen LogP contribution in [0.15, 0.2) is 156 Å². The number of nitrogens with zero attached hydrogens (tertiary/aromatic N) is 2. The molecule has 0 amide bonds. The van der Waals surface area contributed by atoms with Crippen LogP contribution in [0.4, 0.5) is 11.4 Å². The predicted octanol–water partition coefficient (Wildman–Crippen LogP) is 8.84. The van der Waals surface area contributed by atoms with Gasteiger partial charge >= 0.3 is 210 Å². The van der Waals surface area contributed by atoms with Crippen LogP contribution in [0.2, 0.25) is 0 Å². The Morgan fingerprint density at radius 3 is 1.02 bits per heavy atom. The van der Waals surface area contributed by atoms with E-state index >= 15 is 0 Å². The molecule has 0 aliphatic rings. The quantitative estimate of drug-likeness (QED) is 0.0771. The molecule has 8 heteroatoms. The molecule has 0 bridgehead atoms. The summed E-state index contributed by atoms with van der Waals surface area (Å²) in [7, 11) is 0. The van der Waals surface area contributed by atoms with Crippen molar-refractivity contribution in [1.82, 2.24) is 0 Å². The minimum Gasteiger partial charge on any atom is -0.0163 e. The summed E-state index contributed by atoms with van der Waals surface area (Å²) in [6.07, 6.45) is 3.76. The van der Waals surface area contributed by atoms with Crippen LogP contribution in [-0.4, -0.2) is 51.9 Å². The molecule has 0 saturated heterocycles. The number of aliphatic imine (C=N–C) groups is 2. The molecule has 6 aromatic carbocycles. The average Bonchev–Trinajstić information content (AvgIpc) is 3.16. The van der Waals surface area contributed by atoms with Crippen molar-refractivity contribution in [2.45, 2.75) is 13.8 Å². The summed E-state index contributed by atoms with van der Waals surface area (Å²) in [5, 5.41) is 0. The molecule has 0 fully saturated rings. The fourth-order valence-corrected chi connectivity index (χ4v) is 10.6. The molecule has 0 heterocycles. The minimum atomic E-state index is 0.383. The second kappa shape index (κ2) is 18.1. The number of hydrogen-bond donors (Lipinski definition) is 0. The zero-order chi connectivity index (χ0) is 34.4. The zero-order valence-electron chi connectivity index (χ0n) is 27.8. The van der Waals surface area contributed by atoms with Crippen molar-refractivity contribution in [3.63, 3.8) is 0 Å². The molecule has 0 radical (unpaired) electrons. The molecule has 50 heavy (non-hydrogen) atoms. The Kier molecular flexibility index (Phi) is 12.5. The molecule has 0 N–H and O–H groups in total. The van der Waals surface area contributed by atoms with Gasteiger partial charge in [-0.15, -0.1) is 0 Å². The van der Waals surface area contributed by atoms with Crippen LogP contribution in [0, 0.1) is 0 Å². The third-order valence-electron chi connectivity index (χ3n) is 7.13.